The SMILES string of the molecule is CCNC(=O)N(CC(=O)N1CCc2sccc2[C@@H]1COc1cccc(OC)c1)[C@H](C)CC. The Hall–Kier alpha value is -2.74. The Bertz CT molecular complexity index is 916. The third-order valence-corrected chi connectivity index (χ3v) is 6.88. The van der Waals surface area contributed by atoms with Crippen LogP contribution in [0, 0.1) is 0 Å². The van der Waals surface area contributed by atoms with Gasteiger partial charge in [0.2, 0.25) is 5.91 Å². The molecule has 3 amide bonds. The van der Waals surface area contributed by atoms with Gasteiger partial charge in [0.1, 0.15) is 24.7 Å². The first-order valence-corrected chi connectivity index (χ1v) is 12.0. The van der Waals surface area contributed by atoms with Crippen LogP contribution < -0.4 is 14.8 Å². The quantitative estimate of drug-likeness (QED) is 0.613. The number of hydrogen-bond acceptors (Lipinski definition) is 5. The zero-order chi connectivity index (χ0) is 23.1. The highest BCUT2D eigenvalue weighted by Gasteiger charge is 2.34. The summed E-state index contributed by atoms with van der Waals surface area (Å²) in [5, 5.41) is 4.90. The number of fused-ring (bicyclic) bond motifs is 1. The lowest BCUT2D eigenvalue weighted by molar-refractivity contribution is -0.135. The second kappa shape index (κ2) is 11.2. The number of thiophene rings is 1. The largest absolute Gasteiger partial charge is 0.497 e. The molecule has 2 aromatic rings. The molecule has 0 saturated carbocycles. The molecule has 8 heteroatoms. The van der Waals surface area contributed by atoms with E-state index in [1.165, 1.54) is 4.88 Å². The molecule has 32 heavy (non-hydrogen) atoms. The minimum absolute atomic E-state index is 0.0292. The predicted octanol–water partition coefficient (Wildman–Crippen LogP) is 4.09. The van der Waals surface area contributed by atoms with Gasteiger partial charge in [-0.15, -0.1) is 11.3 Å². The van der Waals surface area contributed by atoms with Crippen molar-refractivity contribution < 1.29 is 19.1 Å². The summed E-state index contributed by atoms with van der Waals surface area (Å²) in [6.07, 6.45) is 1.60. The first-order valence-electron chi connectivity index (χ1n) is 11.2. The maximum absolute atomic E-state index is 13.4. The Kier molecular flexibility index (Phi) is 8.39. The molecule has 174 valence electrons. The molecule has 0 spiro atoms. The van der Waals surface area contributed by atoms with Crippen molar-refractivity contribution in [1.29, 1.82) is 0 Å². The highest BCUT2D eigenvalue weighted by atomic mass is 32.1. The molecule has 1 aliphatic heterocycles. The molecule has 0 bridgehead atoms. The highest BCUT2D eigenvalue weighted by Crippen LogP contribution is 2.34. The number of carbonyl (C=O) groups is 2. The molecule has 1 aromatic carbocycles. The predicted molar refractivity (Wildman–Crippen MR) is 126 cm³/mol. The molecule has 0 unspecified atom stereocenters. The highest BCUT2D eigenvalue weighted by molar-refractivity contribution is 7.10. The molecule has 0 fully saturated rings. The van der Waals surface area contributed by atoms with Crippen LogP contribution in [0.1, 0.15) is 43.7 Å². The summed E-state index contributed by atoms with van der Waals surface area (Å²) in [4.78, 5) is 30.8. The molecule has 0 radical (unpaired) electrons. The van der Waals surface area contributed by atoms with Crippen LogP contribution in [-0.2, 0) is 11.2 Å². The van der Waals surface area contributed by atoms with Crippen molar-refractivity contribution in [3.05, 3.63) is 46.2 Å². The summed E-state index contributed by atoms with van der Waals surface area (Å²) in [7, 11) is 1.62. The van der Waals surface area contributed by atoms with Gasteiger partial charge in [0, 0.05) is 30.1 Å². The number of urea groups is 1. The molecule has 1 N–H and O–H groups in total. The summed E-state index contributed by atoms with van der Waals surface area (Å²) in [6, 6.07) is 9.11. The zero-order valence-corrected chi connectivity index (χ0v) is 20.1. The van der Waals surface area contributed by atoms with Gasteiger partial charge < -0.3 is 24.6 Å². The van der Waals surface area contributed by atoms with Crippen LogP contribution in [0.2, 0.25) is 0 Å². The summed E-state index contributed by atoms with van der Waals surface area (Å²) in [5.74, 6) is 1.36. The third-order valence-electron chi connectivity index (χ3n) is 5.88. The number of benzene rings is 1. The van der Waals surface area contributed by atoms with Crippen LogP contribution in [0.25, 0.3) is 0 Å². The molecule has 1 aromatic heterocycles. The fourth-order valence-electron chi connectivity index (χ4n) is 3.88. The Balaban J connectivity index is 1.78. The first kappa shape index (κ1) is 23.9. The standard InChI is InChI=1S/C24H33N3O4S/c1-5-17(3)27(24(29)25-6-2)15-23(28)26-12-10-22-20(11-13-32-22)21(26)16-31-19-9-7-8-18(14-19)30-4/h7-9,11,13-14,17,21H,5-6,10,12,15-16H2,1-4H3,(H,25,29)/t17-,21+/m1/s1. The summed E-state index contributed by atoms with van der Waals surface area (Å²) >= 11 is 1.72. The lowest BCUT2D eigenvalue weighted by atomic mass is 10.00. The molecular weight excluding hydrogens is 426 g/mol. The van der Waals surface area contributed by atoms with Crippen molar-refractivity contribution in [2.24, 2.45) is 0 Å². The lowest BCUT2D eigenvalue weighted by Gasteiger charge is -2.38. The number of methoxy groups -OCH3 is 1. The summed E-state index contributed by atoms with van der Waals surface area (Å²) < 4.78 is 11.4. The third kappa shape index (κ3) is 5.54. The van der Waals surface area contributed by atoms with Gasteiger partial charge in [-0.05, 0) is 55.8 Å². The monoisotopic (exact) mass is 459 g/mol. The number of ether oxygens (including phenoxy) is 2. The fraction of sp³-hybridized carbons (Fsp3) is 0.500. The van der Waals surface area contributed by atoms with Crippen LogP contribution in [-0.4, -0.2) is 61.1 Å². The van der Waals surface area contributed by atoms with Gasteiger partial charge in [0.05, 0.1) is 13.2 Å². The number of amides is 3. The van der Waals surface area contributed by atoms with Gasteiger partial charge in [-0.1, -0.05) is 13.0 Å². The van der Waals surface area contributed by atoms with E-state index in [1.807, 2.05) is 49.9 Å². The van der Waals surface area contributed by atoms with Crippen molar-refractivity contribution >= 4 is 23.3 Å². The van der Waals surface area contributed by atoms with E-state index in [0.717, 1.165) is 24.2 Å². The fourth-order valence-corrected chi connectivity index (χ4v) is 4.81. The zero-order valence-electron chi connectivity index (χ0n) is 19.3. The van der Waals surface area contributed by atoms with E-state index in [4.69, 9.17) is 9.47 Å². The van der Waals surface area contributed by atoms with E-state index in [1.54, 1.807) is 23.3 Å². The van der Waals surface area contributed by atoms with Crippen molar-refractivity contribution in [3.63, 3.8) is 0 Å². The smallest absolute Gasteiger partial charge is 0.318 e. The second-order valence-electron chi connectivity index (χ2n) is 7.86. The molecule has 2 heterocycles. The van der Waals surface area contributed by atoms with E-state index in [2.05, 4.69) is 16.8 Å². The molecule has 0 saturated heterocycles. The normalized spacial score (nSPS) is 16.1. The first-order chi connectivity index (χ1) is 15.5. The Morgan fingerprint density at radius 1 is 1.28 bits per heavy atom. The summed E-state index contributed by atoms with van der Waals surface area (Å²) in [5.41, 5.74) is 1.13. The van der Waals surface area contributed by atoms with Crippen LogP contribution in [0.5, 0.6) is 11.5 Å². The molecule has 2 atom stereocenters. The number of carbonyl (C=O) groups excluding carboxylic acids is 2. The second-order valence-corrected chi connectivity index (χ2v) is 8.86. The molecule has 3 rings (SSSR count). The maximum Gasteiger partial charge on any atom is 0.318 e. The average Bonchev–Trinajstić information content (AvgIpc) is 3.29. The van der Waals surface area contributed by atoms with Crippen LogP contribution in [0.3, 0.4) is 0 Å². The van der Waals surface area contributed by atoms with E-state index >= 15 is 0 Å². The van der Waals surface area contributed by atoms with Crippen LogP contribution in [0.4, 0.5) is 4.79 Å². The number of nitrogens with zero attached hydrogens (tertiary/aromatic N) is 2. The van der Waals surface area contributed by atoms with Crippen molar-refractivity contribution in [1.82, 2.24) is 15.1 Å². The minimum Gasteiger partial charge on any atom is -0.497 e. The van der Waals surface area contributed by atoms with Gasteiger partial charge >= 0.3 is 6.03 Å². The Morgan fingerprint density at radius 3 is 2.78 bits per heavy atom. The molecule has 1 aliphatic rings. The van der Waals surface area contributed by atoms with Crippen LogP contribution >= 0.6 is 11.3 Å². The van der Waals surface area contributed by atoms with Gasteiger partial charge in [0.25, 0.3) is 0 Å². The van der Waals surface area contributed by atoms with Crippen molar-refractivity contribution in [2.45, 2.75) is 45.7 Å². The summed E-state index contributed by atoms with van der Waals surface area (Å²) in [6.45, 7) is 7.40. The minimum atomic E-state index is -0.201. The Labute approximate surface area is 194 Å². The van der Waals surface area contributed by atoms with Crippen LogP contribution in [0.15, 0.2) is 35.7 Å². The molecular formula is C24H33N3O4S. The lowest BCUT2D eigenvalue weighted by Crippen LogP contribution is -2.52. The van der Waals surface area contributed by atoms with E-state index < -0.39 is 0 Å². The van der Waals surface area contributed by atoms with E-state index in [-0.39, 0.29) is 30.6 Å². The molecule has 0 aliphatic carbocycles. The van der Waals surface area contributed by atoms with Crippen molar-refractivity contribution in [3.8, 4) is 11.5 Å². The van der Waals surface area contributed by atoms with Gasteiger partial charge in [-0.3, -0.25) is 4.79 Å². The van der Waals surface area contributed by atoms with E-state index in [9.17, 15) is 9.59 Å². The number of nitrogens with one attached hydrogen (secondary N) is 1. The maximum atomic E-state index is 13.4. The average molecular weight is 460 g/mol. The Morgan fingerprint density at radius 2 is 2.06 bits per heavy atom. The topological polar surface area (TPSA) is 71.1 Å². The van der Waals surface area contributed by atoms with E-state index in [0.29, 0.717) is 25.4 Å². The van der Waals surface area contributed by atoms with Crippen molar-refractivity contribution in [2.75, 3.05) is 33.4 Å². The van der Waals surface area contributed by atoms with Gasteiger partial charge in [0.15, 0.2) is 0 Å². The number of rotatable bonds is 9. The van der Waals surface area contributed by atoms with Gasteiger partial charge in [-0.2, -0.15) is 0 Å². The molecule has 7 nitrogen and oxygen atoms in total. The van der Waals surface area contributed by atoms with Gasteiger partial charge in [-0.25, -0.2) is 4.79 Å². The number of hydrogen-bond donors (Lipinski definition) is 1.